The van der Waals surface area contributed by atoms with Gasteiger partial charge in [0.15, 0.2) is 0 Å². The molecule has 180 valence electrons. The van der Waals surface area contributed by atoms with E-state index in [1.165, 1.54) is 12.1 Å². The van der Waals surface area contributed by atoms with Gasteiger partial charge in [0.25, 0.3) is 5.89 Å². The summed E-state index contributed by atoms with van der Waals surface area (Å²) in [5.41, 5.74) is 2.72. The van der Waals surface area contributed by atoms with E-state index in [2.05, 4.69) is 10.1 Å². The Bertz CT molecular complexity index is 1370. The molecule has 0 aliphatic heterocycles. The predicted octanol–water partition coefficient (Wildman–Crippen LogP) is 5.91. The quantitative estimate of drug-likeness (QED) is 0.353. The van der Waals surface area contributed by atoms with Crippen LogP contribution in [0.4, 0.5) is 13.2 Å². The Morgan fingerprint density at radius 3 is 2.49 bits per heavy atom. The lowest BCUT2D eigenvalue weighted by Crippen LogP contribution is -2.25. The molecular weight excluding hydrogens is 459 g/mol. The van der Waals surface area contributed by atoms with Crippen LogP contribution in [0.2, 0.25) is 0 Å². The number of carboxylic acids is 1. The van der Waals surface area contributed by atoms with Crippen LogP contribution in [0.1, 0.15) is 16.7 Å². The molecule has 1 heterocycles. The van der Waals surface area contributed by atoms with Crippen LogP contribution in [0.15, 0.2) is 71.3 Å². The van der Waals surface area contributed by atoms with Gasteiger partial charge in [-0.25, -0.2) is 0 Å². The number of rotatable bonds is 7. The van der Waals surface area contributed by atoms with Crippen LogP contribution in [-0.4, -0.2) is 39.7 Å². The van der Waals surface area contributed by atoms with Gasteiger partial charge in [0.1, 0.15) is 0 Å². The molecule has 0 fully saturated rings. The minimum Gasteiger partial charge on any atom is -0.480 e. The van der Waals surface area contributed by atoms with E-state index in [1.807, 2.05) is 24.3 Å². The number of alkyl halides is 3. The fraction of sp³-hybridized carbons (Fsp3) is 0.192. The van der Waals surface area contributed by atoms with Crippen molar-refractivity contribution in [2.24, 2.45) is 0 Å². The summed E-state index contributed by atoms with van der Waals surface area (Å²) in [5.74, 6) is -0.311. The van der Waals surface area contributed by atoms with Crippen LogP contribution in [0.3, 0.4) is 0 Å². The fourth-order valence-corrected chi connectivity index (χ4v) is 3.93. The molecule has 0 bridgehead atoms. The molecule has 6 nitrogen and oxygen atoms in total. The van der Waals surface area contributed by atoms with Crippen LogP contribution in [0.5, 0.6) is 0 Å². The summed E-state index contributed by atoms with van der Waals surface area (Å²) in [7, 11) is 1.71. The zero-order valence-electron chi connectivity index (χ0n) is 19.0. The number of halogens is 3. The largest absolute Gasteiger partial charge is 0.480 e. The molecule has 0 saturated heterocycles. The number of carbonyl (C=O) groups is 1. The summed E-state index contributed by atoms with van der Waals surface area (Å²) < 4.78 is 45.8. The van der Waals surface area contributed by atoms with E-state index in [9.17, 15) is 18.0 Å². The number of aliphatic carboxylic acids is 1. The van der Waals surface area contributed by atoms with E-state index in [-0.39, 0.29) is 18.0 Å². The third-order valence-corrected chi connectivity index (χ3v) is 5.46. The second kappa shape index (κ2) is 9.71. The minimum atomic E-state index is -4.46. The highest BCUT2D eigenvalue weighted by Crippen LogP contribution is 2.38. The number of hydrogen-bond donors (Lipinski definition) is 1. The van der Waals surface area contributed by atoms with Crippen LogP contribution in [-0.2, 0) is 17.5 Å². The Morgan fingerprint density at radius 2 is 1.77 bits per heavy atom. The molecule has 0 radical (unpaired) electrons. The third-order valence-electron chi connectivity index (χ3n) is 5.46. The van der Waals surface area contributed by atoms with Gasteiger partial charge in [-0.2, -0.15) is 18.2 Å². The van der Waals surface area contributed by atoms with Crippen molar-refractivity contribution in [2.75, 3.05) is 13.6 Å². The van der Waals surface area contributed by atoms with Gasteiger partial charge < -0.3 is 9.63 Å². The van der Waals surface area contributed by atoms with Crippen molar-refractivity contribution in [2.45, 2.75) is 19.6 Å². The molecule has 35 heavy (non-hydrogen) atoms. The molecule has 0 aliphatic carbocycles. The standard InChI is InChI=1S/C26H22F3N3O3/c1-16-12-19(10-11-20(16)21-8-3-4-9-22(21)26(27,28)29)25-30-24(31-35-25)18-7-5-6-17(13-18)14-32(2)15-23(33)34/h3-13H,14-15H2,1-2H3,(H,33,34). The maximum absolute atomic E-state index is 13.5. The average Bonchev–Trinajstić information content (AvgIpc) is 3.28. The molecule has 0 saturated carbocycles. The molecule has 1 N–H and O–H groups in total. The lowest BCUT2D eigenvalue weighted by atomic mass is 9.94. The Labute approximate surface area is 199 Å². The lowest BCUT2D eigenvalue weighted by Gasteiger charge is -2.14. The summed E-state index contributed by atoms with van der Waals surface area (Å²) >= 11 is 0. The molecule has 3 aromatic carbocycles. The second-order valence-corrected chi connectivity index (χ2v) is 8.26. The van der Waals surface area contributed by atoms with Gasteiger partial charge in [-0.1, -0.05) is 47.6 Å². The van der Waals surface area contributed by atoms with E-state index in [0.29, 0.717) is 34.6 Å². The number of nitrogens with zero attached hydrogens (tertiary/aromatic N) is 3. The van der Waals surface area contributed by atoms with Gasteiger partial charge in [-0.3, -0.25) is 9.69 Å². The first kappa shape index (κ1) is 24.2. The van der Waals surface area contributed by atoms with Gasteiger partial charge >= 0.3 is 12.1 Å². The van der Waals surface area contributed by atoms with E-state index < -0.39 is 17.7 Å². The zero-order chi connectivity index (χ0) is 25.2. The van der Waals surface area contributed by atoms with E-state index in [4.69, 9.17) is 9.63 Å². The molecule has 9 heteroatoms. The second-order valence-electron chi connectivity index (χ2n) is 8.26. The van der Waals surface area contributed by atoms with Gasteiger partial charge in [0.05, 0.1) is 12.1 Å². The Morgan fingerprint density at radius 1 is 1.00 bits per heavy atom. The van der Waals surface area contributed by atoms with Crippen molar-refractivity contribution in [1.82, 2.24) is 15.0 Å². The summed E-state index contributed by atoms with van der Waals surface area (Å²) in [5, 5.41) is 13.0. The smallest absolute Gasteiger partial charge is 0.417 e. The van der Waals surface area contributed by atoms with Crippen LogP contribution in [0, 0.1) is 6.92 Å². The van der Waals surface area contributed by atoms with Crippen molar-refractivity contribution >= 4 is 5.97 Å². The van der Waals surface area contributed by atoms with Crippen LogP contribution >= 0.6 is 0 Å². The van der Waals surface area contributed by atoms with Gasteiger partial charge in [0, 0.05) is 17.7 Å². The lowest BCUT2D eigenvalue weighted by molar-refractivity contribution is -0.138. The van der Waals surface area contributed by atoms with Crippen molar-refractivity contribution < 1.29 is 27.6 Å². The Hall–Kier alpha value is -3.98. The zero-order valence-corrected chi connectivity index (χ0v) is 19.0. The first-order valence-corrected chi connectivity index (χ1v) is 10.7. The van der Waals surface area contributed by atoms with E-state index >= 15 is 0 Å². The topological polar surface area (TPSA) is 79.5 Å². The van der Waals surface area contributed by atoms with E-state index in [1.54, 1.807) is 43.1 Å². The van der Waals surface area contributed by atoms with E-state index in [0.717, 1.165) is 11.6 Å². The first-order valence-electron chi connectivity index (χ1n) is 10.7. The fourth-order valence-electron chi connectivity index (χ4n) is 3.93. The summed E-state index contributed by atoms with van der Waals surface area (Å²) in [6.07, 6.45) is -4.46. The number of aromatic nitrogens is 2. The highest BCUT2D eigenvalue weighted by atomic mass is 19.4. The third kappa shape index (κ3) is 5.58. The molecule has 0 amide bonds. The van der Waals surface area contributed by atoms with Crippen molar-refractivity contribution in [1.29, 1.82) is 0 Å². The van der Waals surface area contributed by atoms with Crippen LogP contribution < -0.4 is 0 Å². The number of benzene rings is 3. The molecule has 0 aliphatic rings. The number of likely N-dealkylation sites (N-methyl/N-ethyl adjacent to an activating group) is 1. The summed E-state index contributed by atoms with van der Waals surface area (Å²) in [4.78, 5) is 17.0. The Kier molecular flexibility index (Phi) is 6.70. The molecular formula is C26H22F3N3O3. The normalized spacial score (nSPS) is 11.7. The maximum Gasteiger partial charge on any atom is 0.417 e. The summed E-state index contributed by atoms with van der Waals surface area (Å²) in [6.45, 7) is 2.09. The monoisotopic (exact) mass is 481 g/mol. The first-order chi connectivity index (χ1) is 16.6. The number of carboxylic acid groups (broad SMARTS) is 1. The minimum absolute atomic E-state index is 0.0840. The SMILES string of the molecule is Cc1cc(-c2nc(-c3cccc(CN(C)CC(=O)O)c3)no2)ccc1-c1ccccc1C(F)(F)F. The van der Waals surface area contributed by atoms with Crippen molar-refractivity contribution in [3.05, 3.63) is 83.4 Å². The highest BCUT2D eigenvalue weighted by molar-refractivity contribution is 5.74. The molecule has 0 spiro atoms. The van der Waals surface area contributed by atoms with Crippen molar-refractivity contribution in [3.63, 3.8) is 0 Å². The molecule has 4 aromatic rings. The van der Waals surface area contributed by atoms with Crippen LogP contribution in [0.25, 0.3) is 34.0 Å². The Balaban J connectivity index is 1.59. The van der Waals surface area contributed by atoms with Gasteiger partial charge in [-0.05, 0) is 60.5 Å². The summed E-state index contributed by atoms with van der Waals surface area (Å²) in [6, 6.07) is 17.9. The maximum atomic E-state index is 13.5. The molecule has 1 aromatic heterocycles. The average molecular weight is 481 g/mol. The van der Waals surface area contributed by atoms with Crippen molar-refractivity contribution in [3.8, 4) is 34.0 Å². The van der Waals surface area contributed by atoms with Gasteiger partial charge in [-0.15, -0.1) is 0 Å². The molecule has 0 atom stereocenters. The number of aryl methyl sites for hydroxylation is 1. The predicted molar refractivity (Wildman–Crippen MR) is 124 cm³/mol. The number of hydrogen-bond acceptors (Lipinski definition) is 5. The van der Waals surface area contributed by atoms with Gasteiger partial charge in [0.2, 0.25) is 5.82 Å². The highest BCUT2D eigenvalue weighted by Gasteiger charge is 2.33. The molecule has 0 unspecified atom stereocenters. The molecule has 4 rings (SSSR count).